The van der Waals surface area contributed by atoms with Crippen molar-refractivity contribution in [1.82, 2.24) is 20.0 Å². The number of piperidine rings is 1. The van der Waals surface area contributed by atoms with Gasteiger partial charge in [-0.2, -0.15) is 5.10 Å². The zero-order valence-electron chi connectivity index (χ0n) is 17.0. The van der Waals surface area contributed by atoms with Crippen LogP contribution in [0.2, 0.25) is 0 Å². The van der Waals surface area contributed by atoms with Crippen molar-refractivity contribution < 1.29 is 9.90 Å². The largest absolute Gasteiger partial charge is 0.390 e. The average molecular weight is 373 g/mol. The van der Waals surface area contributed by atoms with Gasteiger partial charge < -0.3 is 15.3 Å². The van der Waals surface area contributed by atoms with Gasteiger partial charge in [-0.15, -0.1) is 0 Å². The van der Waals surface area contributed by atoms with E-state index < -0.39 is 5.60 Å². The molecule has 2 N–H and O–H groups in total. The van der Waals surface area contributed by atoms with Gasteiger partial charge in [0.05, 0.1) is 11.1 Å². The Kier molecular flexibility index (Phi) is 5.86. The summed E-state index contributed by atoms with van der Waals surface area (Å²) in [5, 5.41) is 18.5. The number of carbonyl (C=O) groups excluding carboxylic acids is 1. The van der Waals surface area contributed by atoms with Gasteiger partial charge in [-0.1, -0.05) is 0 Å². The van der Waals surface area contributed by atoms with Crippen LogP contribution in [0.3, 0.4) is 0 Å². The monoisotopic (exact) mass is 372 g/mol. The SMILES string of the molecule is Cc1c(C(=O)NCCC(C)(C)O)ccc2nn(CC3CCN(C)CC3)cc12. The molecular weight excluding hydrogens is 340 g/mol. The highest BCUT2D eigenvalue weighted by Crippen LogP contribution is 2.23. The summed E-state index contributed by atoms with van der Waals surface area (Å²) in [7, 11) is 2.18. The van der Waals surface area contributed by atoms with Gasteiger partial charge in [0.25, 0.3) is 5.91 Å². The summed E-state index contributed by atoms with van der Waals surface area (Å²) < 4.78 is 2.05. The molecule has 0 saturated carbocycles. The summed E-state index contributed by atoms with van der Waals surface area (Å²) in [5.41, 5.74) is 1.80. The number of aromatic nitrogens is 2. The van der Waals surface area contributed by atoms with Crippen LogP contribution in [-0.2, 0) is 6.54 Å². The molecule has 1 aromatic carbocycles. The van der Waals surface area contributed by atoms with E-state index in [-0.39, 0.29) is 5.91 Å². The van der Waals surface area contributed by atoms with Crippen molar-refractivity contribution in [2.45, 2.75) is 52.2 Å². The molecule has 2 aromatic rings. The van der Waals surface area contributed by atoms with Gasteiger partial charge in [-0.05, 0) is 83.8 Å². The third-order valence-corrected chi connectivity index (χ3v) is 5.56. The molecule has 0 atom stereocenters. The first kappa shape index (κ1) is 19.8. The fraction of sp³-hybridized carbons (Fsp3) is 0.619. The van der Waals surface area contributed by atoms with Crippen LogP contribution in [0.1, 0.15) is 49.0 Å². The maximum absolute atomic E-state index is 12.5. The van der Waals surface area contributed by atoms with E-state index in [4.69, 9.17) is 5.10 Å². The fourth-order valence-electron chi connectivity index (χ4n) is 3.71. The van der Waals surface area contributed by atoms with Crippen molar-refractivity contribution in [3.8, 4) is 0 Å². The molecule has 2 heterocycles. The molecule has 1 aromatic heterocycles. The number of nitrogens with zero attached hydrogens (tertiary/aromatic N) is 3. The van der Waals surface area contributed by atoms with E-state index in [1.165, 1.54) is 12.8 Å². The standard InChI is InChI=1S/C21H32N4O2/c1-15-17(20(26)22-10-9-21(2,3)27)5-6-19-18(15)14-25(23-19)13-16-7-11-24(4)12-8-16/h5-6,14,16,27H,7-13H2,1-4H3,(H,22,26). The predicted octanol–water partition coefficient (Wildman–Crippen LogP) is 2.58. The van der Waals surface area contributed by atoms with Gasteiger partial charge in [-0.3, -0.25) is 9.48 Å². The molecule has 0 radical (unpaired) electrons. The van der Waals surface area contributed by atoms with Crippen LogP contribution >= 0.6 is 0 Å². The van der Waals surface area contributed by atoms with Gasteiger partial charge in [0.15, 0.2) is 0 Å². The first-order valence-electron chi connectivity index (χ1n) is 9.89. The Morgan fingerprint density at radius 1 is 1.33 bits per heavy atom. The molecule has 1 amide bonds. The Labute approximate surface area is 161 Å². The second-order valence-electron chi connectivity index (χ2n) is 8.59. The van der Waals surface area contributed by atoms with Crippen LogP contribution in [-0.4, -0.2) is 58.0 Å². The van der Waals surface area contributed by atoms with Gasteiger partial charge in [0, 0.05) is 30.2 Å². The summed E-state index contributed by atoms with van der Waals surface area (Å²) in [4.78, 5) is 14.9. The van der Waals surface area contributed by atoms with E-state index in [0.717, 1.165) is 36.1 Å². The second-order valence-corrected chi connectivity index (χ2v) is 8.59. The van der Waals surface area contributed by atoms with E-state index in [2.05, 4.69) is 23.5 Å². The Bertz CT molecular complexity index is 798. The van der Waals surface area contributed by atoms with Gasteiger partial charge >= 0.3 is 0 Å². The summed E-state index contributed by atoms with van der Waals surface area (Å²) in [5.74, 6) is 0.571. The van der Waals surface area contributed by atoms with Crippen molar-refractivity contribution in [2.75, 3.05) is 26.7 Å². The highest BCUT2D eigenvalue weighted by Gasteiger charge is 2.19. The summed E-state index contributed by atoms with van der Waals surface area (Å²) >= 11 is 0. The molecule has 0 aliphatic carbocycles. The van der Waals surface area contributed by atoms with Crippen LogP contribution in [0.15, 0.2) is 18.3 Å². The minimum absolute atomic E-state index is 0.0956. The molecule has 0 bridgehead atoms. The minimum atomic E-state index is -0.776. The summed E-state index contributed by atoms with van der Waals surface area (Å²) in [6, 6.07) is 3.78. The Morgan fingerprint density at radius 2 is 2.04 bits per heavy atom. The number of aryl methyl sites for hydroxylation is 1. The van der Waals surface area contributed by atoms with Crippen molar-refractivity contribution in [3.05, 3.63) is 29.5 Å². The van der Waals surface area contributed by atoms with Crippen molar-refractivity contribution >= 4 is 16.8 Å². The van der Waals surface area contributed by atoms with E-state index in [1.807, 2.05) is 23.7 Å². The van der Waals surface area contributed by atoms with Gasteiger partial charge in [0.2, 0.25) is 0 Å². The van der Waals surface area contributed by atoms with E-state index in [0.29, 0.717) is 24.4 Å². The number of hydrogen-bond donors (Lipinski definition) is 2. The number of hydrogen-bond acceptors (Lipinski definition) is 4. The molecule has 3 rings (SSSR count). The molecule has 1 aliphatic heterocycles. The Morgan fingerprint density at radius 3 is 2.70 bits per heavy atom. The highest BCUT2D eigenvalue weighted by atomic mass is 16.3. The van der Waals surface area contributed by atoms with Crippen molar-refractivity contribution in [1.29, 1.82) is 0 Å². The Balaban J connectivity index is 1.70. The minimum Gasteiger partial charge on any atom is -0.390 e. The number of likely N-dealkylation sites (tertiary alicyclic amines) is 1. The van der Waals surface area contributed by atoms with Crippen LogP contribution in [0.25, 0.3) is 10.9 Å². The number of rotatable bonds is 6. The molecule has 1 aliphatic rings. The second kappa shape index (κ2) is 7.98. The first-order valence-corrected chi connectivity index (χ1v) is 9.89. The third kappa shape index (κ3) is 5.08. The maximum atomic E-state index is 12.5. The number of amides is 1. The van der Waals surface area contributed by atoms with Crippen LogP contribution in [0, 0.1) is 12.8 Å². The van der Waals surface area contributed by atoms with Crippen LogP contribution in [0.5, 0.6) is 0 Å². The number of benzene rings is 1. The normalized spacial score (nSPS) is 16.8. The molecule has 6 nitrogen and oxygen atoms in total. The van der Waals surface area contributed by atoms with Gasteiger partial charge in [-0.25, -0.2) is 0 Å². The van der Waals surface area contributed by atoms with Crippen molar-refractivity contribution in [3.63, 3.8) is 0 Å². The lowest BCUT2D eigenvalue weighted by Gasteiger charge is -2.28. The lowest BCUT2D eigenvalue weighted by atomic mass is 9.97. The molecule has 6 heteroatoms. The zero-order valence-corrected chi connectivity index (χ0v) is 17.0. The third-order valence-electron chi connectivity index (χ3n) is 5.56. The Hall–Kier alpha value is -1.92. The van der Waals surface area contributed by atoms with E-state index in [1.54, 1.807) is 13.8 Å². The number of fused-ring (bicyclic) bond motifs is 1. The molecule has 1 fully saturated rings. The maximum Gasteiger partial charge on any atom is 0.251 e. The van der Waals surface area contributed by atoms with Crippen LogP contribution < -0.4 is 5.32 Å². The highest BCUT2D eigenvalue weighted by molar-refractivity contribution is 6.00. The van der Waals surface area contributed by atoms with Crippen LogP contribution in [0.4, 0.5) is 0 Å². The fourth-order valence-corrected chi connectivity index (χ4v) is 3.71. The molecule has 0 unspecified atom stereocenters. The topological polar surface area (TPSA) is 70.4 Å². The zero-order chi connectivity index (χ0) is 19.6. The van der Waals surface area contributed by atoms with Crippen molar-refractivity contribution in [2.24, 2.45) is 5.92 Å². The lowest BCUT2D eigenvalue weighted by molar-refractivity contribution is 0.0693. The number of aliphatic hydroxyl groups is 1. The quantitative estimate of drug-likeness (QED) is 0.818. The smallest absolute Gasteiger partial charge is 0.251 e. The lowest BCUT2D eigenvalue weighted by Crippen LogP contribution is -2.31. The number of carbonyl (C=O) groups is 1. The summed E-state index contributed by atoms with van der Waals surface area (Å²) in [6.45, 7) is 9.17. The first-order chi connectivity index (χ1) is 12.7. The molecule has 148 valence electrons. The molecular formula is C21H32N4O2. The van der Waals surface area contributed by atoms with E-state index >= 15 is 0 Å². The number of nitrogens with one attached hydrogen (secondary N) is 1. The summed E-state index contributed by atoms with van der Waals surface area (Å²) in [6.07, 6.45) is 5.02. The average Bonchev–Trinajstić information content (AvgIpc) is 2.99. The molecule has 1 saturated heterocycles. The molecule has 0 spiro atoms. The molecule has 27 heavy (non-hydrogen) atoms. The predicted molar refractivity (Wildman–Crippen MR) is 108 cm³/mol. The van der Waals surface area contributed by atoms with E-state index in [9.17, 15) is 9.90 Å². The van der Waals surface area contributed by atoms with Gasteiger partial charge in [0.1, 0.15) is 0 Å².